The third kappa shape index (κ3) is 4.25. The quantitative estimate of drug-likeness (QED) is 0.710. The molecule has 0 spiro atoms. The molecule has 1 N–H and O–H groups in total. The molecule has 1 aliphatic rings. The van der Waals surface area contributed by atoms with Crippen molar-refractivity contribution in [3.05, 3.63) is 0 Å². The number of hydrogen-bond donors (Lipinski definition) is 1. The lowest BCUT2D eigenvalue weighted by molar-refractivity contribution is -0.192. The van der Waals surface area contributed by atoms with Gasteiger partial charge in [-0.3, -0.25) is 4.84 Å². The average molecular weight is 233 g/mol. The average Bonchev–Trinajstić information content (AvgIpc) is 2.27. The summed E-state index contributed by atoms with van der Waals surface area (Å²) in [6, 6.07) is -0.526. The molecule has 0 amide bonds. The van der Waals surface area contributed by atoms with Gasteiger partial charge in [-0.1, -0.05) is 0 Å². The summed E-state index contributed by atoms with van der Waals surface area (Å²) < 4.78 is 56.6. The molecule has 0 saturated carbocycles. The molecule has 0 radical (unpaired) electrons. The van der Waals surface area contributed by atoms with Gasteiger partial charge in [-0.15, -0.1) is 0 Å². The molecule has 1 heterocycles. The van der Waals surface area contributed by atoms with Crippen LogP contribution in [-0.4, -0.2) is 38.7 Å². The van der Waals surface area contributed by atoms with Gasteiger partial charge in [0, 0.05) is 6.04 Å². The van der Waals surface area contributed by atoms with Crippen LogP contribution in [0.2, 0.25) is 0 Å². The van der Waals surface area contributed by atoms with E-state index in [1.165, 1.54) is 0 Å². The van der Waals surface area contributed by atoms with Gasteiger partial charge in [0.15, 0.2) is 16.4 Å². The lowest BCUT2D eigenvalue weighted by Gasteiger charge is -2.11. The molecule has 1 rings (SSSR count). The van der Waals surface area contributed by atoms with Crippen molar-refractivity contribution in [2.24, 2.45) is 0 Å². The van der Waals surface area contributed by atoms with Crippen molar-refractivity contribution < 1.29 is 26.4 Å². The highest BCUT2D eigenvalue weighted by molar-refractivity contribution is 7.91. The number of nitrogens with one attached hydrogen (secondary N) is 1. The van der Waals surface area contributed by atoms with Gasteiger partial charge < -0.3 is 0 Å². The summed E-state index contributed by atoms with van der Waals surface area (Å²) in [7, 11) is -3.09. The fourth-order valence-corrected chi connectivity index (χ4v) is 2.79. The van der Waals surface area contributed by atoms with Crippen molar-refractivity contribution in [3.63, 3.8) is 0 Å². The second-order valence-corrected chi connectivity index (χ2v) is 5.35. The Kier molecular flexibility index (Phi) is 3.38. The summed E-state index contributed by atoms with van der Waals surface area (Å²) in [5, 5.41) is 0. The standard InChI is InChI=1S/C6H10F3NO3S/c7-6(8,9)4-13-10-5-1-2-14(11,12)3-5/h5,10H,1-4H2. The van der Waals surface area contributed by atoms with Crippen molar-refractivity contribution in [1.82, 2.24) is 5.48 Å². The van der Waals surface area contributed by atoms with Gasteiger partial charge in [-0.25, -0.2) is 8.42 Å². The number of hydrogen-bond acceptors (Lipinski definition) is 4. The highest BCUT2D eigenvalue weighted by atomic mass is 32.2. The summed E-state index contributed by atoms with van der Waals surface area (Å²) >= 11 is 0. The van der Waals surface area contributed by atoms with E-state index in [9.17, 15) is 21.6 Å². The van der Waals surface area contributed by atoms with Gasteiger partial charge in [0.05, 0.1) is 11.5 Å². The highest BCUT2D eigenvalue weighted by Crippen LogP contribution is 2.15. The van der Waals surface area contributed by atoms with E-state index < -0.39 is 28.7 Å². The first-order valence-corrected chi connectivity index (χ1v) is 5.75. The highest BCUT2D eigenvalue weighted by Gasteiger charge is 2.31. The summed E-state index contributed by atoms with van der Waals surface area (Å²) in [4.78, 5) is 4.14. The molecule has 1 atom stereocenters. The first-order valence-electron chi connectivity index (χ1n) is 3.93. The lowest BCUT2D eigenvalue weighted by atomic mass is 10.3. The van der Waals surface area contributed by atoms with Crippen LogP contribution in [0.4, 0.5) is 13.2 Å². The maximum Gasteiger partial charge on any atom is 0.413 e. The van der Waals surface area contributed by atoms with E-state index in [1.807, 2.05) is 0 Å². The first-order chi connectivity index (χ1) is 6.29. The smallest absolute Gasteiger partial charge is 0.292 e. The number of hydroxylamine groups is 1. The van der Waals surface area contributed by atoms with E-state index in [4.69, 9.17) is 0 Å². The molecule has 0 aromatic rings. The zero-order chi connectivity index (χ0) is 10.8. The van der Waals surface area contributed by atoms with Crippen molar-refractivity contribution in [3.8, 4) is 0 Å². The second kappa shape index (κ2) is 4.03. The fraction of sp³-hybridized carbons (Fsp3) is 1.00. The topological polar surface area (TPSA) is 55.4 Å². The van der Waals surface area contributed by atoms with Crippen molar-refractivity contribution >= 4 is 9.84 Å². The van der Waals surface area contributed by atoms with Gasteiger partial charge in [0.25, 0.3) is 0 Å². The Morgan fingerprint density at radius 1 is 1.43 bits per heavy atom. The summed E-state index contributed by atoms with van der Waals surface area (Å²) in [5.74, 6) is -0.162. The molecular formula is C6H10F3NO3S. The van der Waals surface area contributed by atoms with Crippen molar-refractivity contribution in [2.75, 3.05) is 18.1 Å². The van der Waals surface area contributed by atoms with E-state index in [0.29, 0.717) is 6.42 Å². The molecule has 8 heteroatoms. The Balaban J connectivity index is 2.22. The number of alkyl halides is 3. The van der Waals surface area contributed by atoms with E-state index in [-0.39, 0.29) is 11.5 Å². The maximum absolute atomic E-state index is 11.6. The van der Waals surface area contributed by atoms with Gasteiger partial charge >= 0.3 is 6.18 Å². The summed E-state index contributed by atoms with van der Waals surface area (Å²) in [6.07, 6.45) is -4.11. The Bertz CT molecular complexity index is 287. The summed E-state index contributed by atoms with van der Waals surface area (Å²) in [5.41, 5.74) is 2.09. The fourth-order valence-electron chi connectivity index (χ4n) is 1.13. The van der Waals surface area contributed by atoms with Crippen LogP contribution in [0.25, 0.3) is 0 Å². The SMILES string of the molecule is O=S1(=O)CCC(NOCC(F)(F)F)C1. The van der Waals surface area contributed by atoms with Crippen LogP contribution in [-0.2, 0) is 14.7 Å². The zero-order valence-corrected chi connectivity index (χ0v) is 7.99. The molecule has 1 saturated heterocycles. The van der Waals surface area contributed by atoms with Crippen LogP contribution in [0.15, 0.2) is 0 Å². The van der Waals surface area contributed by atoms with E-state index >= 15 is 0 Å². The number of sulfone groups is 1. The molecular weight excluding hydrogens is 223 g/mol. The Morgan fingerprint density at radius 3 is 2.50 bits per heavy atom. The van der Waals surface area contributed by atoms with Gasteiger partial charge in [0.1, 0.15) is 0 Å². The first kappa shape index (κ1) is 11.7. The third-order valence-electron chi connectivity index (χ3n) is 1.72. The maximum atomic E-state index is 11.6. The molecule has 14 heavy (non-hydrogen) atoms. The van der Waals surface area contributed by atoms with Gasteiger partial charge in [-0.05, 0) is 6.42 Å². The lowest BCUT2D eigenvalue weighted by Crippen LogP contribution is -2.33. The van der Waals surface area contributed by atoms with E-state index in [1.54, 1.807) is 0 Å². The minimum Gasteiger partial charge on any atom is -0.292 e. The van der Waals surface area contributed by atoms with Crippen molar-refractivity contribution in [2.45, 2.75) is 18.6 Å². The molecule has 0 aromatic carbocycles. The molecule has 1 fully saturated rings. The Hall–Kier alpha value is -0.340. The van der Waals surface area contributed by atoms with Crippen LogP contribution < -0.4 is 5.48 Å². The second-order valence-electron chi connectivity index (χ2n) is 3.12. The van der Waals surface area contributed by atoms with Gasteiger partial charge in [0.2, 0.25) is 0 Å². The predicted octanol–water partition coefficient (Wildman–Crippen LogP) is 0.257. The van der Waals surface area contributed by atoms with Crippen LogP contribution >= 0.6 is 0 Å². The van der Waals surface area contributed by atoms with Crippen molar-refractivity contribution in [1.29, 1.82) is 0 Å². The van der Waals surface area contributed by atoms with Gasteiger partial charge in [-0.2, -0.15) is 18.7 Å². The molecule has 0 aliphatic carbocycles. The third-order valence-corrected chi connectivity index (χ3v) is 3.49. The zero-order valence-electron chi connectivity index (χ0n) is 7.17. The Labute approximate surface area is 79.3 Å². The number of halogens is 3. The molecule has 1 aliphatic heterocycles. The van der Waals surface area contributed by atoms with Crippen LogP contribution in [0.3, 0.4) is 0 Å². The normalized spacial score (nSPS) is 26.6. The largest absolute Gasteiger partial charge is 0.413 e. The van der Waals surface area contributed by atoms with Crippen LogP contribution in [0.1, 0.15) is 6.42 Å². The minimum absolute atomic E-state index is 0.0000442. The van der Waals surface area contributed by atoms with Crippen LogP contribution in [0, 0.1) is 0 Å². The van der Waals surface area contributed by atoms with E-state index in [0.717, 1.165) is 0 Å². The number of rotatable bonds is 3. The minimum atomic E-state index is -4.40. The molecule has 4 nitrogen and oxygen atoms in total. The van der Waals surface area contributed by atoms with E-state index in [2.05, 4.69) is 10.3 Å². The summed E-state index contributed by atoms with van der Waals surface area (Å²) in [6.45, 7) is -1.41. The molecule has 0 bridgehead atoms. The molecule has 84 valence electrons. The molecule has 1 unspecified atom stereocenters. The Morgan fingerprint density at radius 2 is 2.07 bits per heavy atom. The monoisotopic (exact) mass is 233 g/mol. The predicted molar refractivity (Wildman–Crippen MR) is 42.2 cm³/mol. The molecule has 0 aromatic heterocycles. The van der Waals surface area contributed by atoms with Crippen LogP contribution in [0.5, 0.6) is 0 Å².